The van der Waals surface area contributed by atoms with Crippen LogP contribution in [0.4, 0.5) is 5.82 Å². The van der Waals surface area contributed by atoms with E-state index in [2.05, 4.69) is 15.2 Å². The Morgan fingerprint density at radius 2 is 2.08 bits per heavy atom. The summed E-state index contributed by atoms with van der Waals surface area (Å²) in [4.78, 5) is 32.1. The van der Waals surface area contributed by atoms with E-state index in [-0.39, 0.29) is 31.4 Å². The fraction of sp³-hybridized carbons (Fsp3) is 0.562. The molecule has 1 aromatic rings. The summed E-state index contributed by atoms with van der Waals surface area (Å²) < 4.78 is 4.82. The maximum Gasteiger partial charge on any atom is 0.239 e. The Bertz CT molecular complexity index is 532. The summed E-state index contributed by atoms with van der Waals surface area (Å²) in [5.74, 6) is 0.671. The molecule has 1 aliphatic heterocycles. The van der Waals surface area contributed by atoms with Crippen LogP contribution in [0.1, 0.15) is 6.42 Å². The molecule has 3 N–H and O–H groups in total. The van der Waals surface area contributed by atoms with E-state index < -0.39 is 6.04 Å². The van der Waals surface area contributed by atoms with Crippen molar-refractivity contribution in [2.24, 2.45) is 5.73 Å². The number of anilines is 1. The molecule has 1 aliphatic rings. The van der Waals surface area contributed by atoms with Gasteiger partial charge in [-0.1, -0.05) is 6.07 Å². The number of carbonyl (C=O) groups excluding carboxylic acids is 2. The van der Waals surface area contributed by atoms with Crippen LogP contribution in [0.3, 0.4) is 0 Å². The van der Waals surface area contributed by atoms with Gasteiger partial charge in [0.05, 0.1) is 6.61 Å². The normalized spacial score (nSPS) is 15.9. The summed E-state index contributed by atoms with van der Waals surface area (Å²) in [5, 5.41) is 2.66. The first kappa shape index (κ1) is 18.2. The van der Waals surface area contributed by atoms with Gasteiger partial charge in [0, 0.05) is 52.5 Å². The van der Waals surface area contributed by atoms with Gasteiger partial charge in [-0.2, -0.15) is 0 Å². The second-order valence-electron chi connectivity index (χ2n) is 5.66. The Hall–Kier alpha value is -2.19. The number of pyridine rings is 1. The zero-order chi connectivity index (χ0) is 17.4. The number of rotatable bonds is 7. The van der Waals surface area contributed by atoms with Crippen molar-refractivity contribution in [1.29, 1.82) is 0 Å². The van der Waals surface area contributed by atoms with Gasteiger partial charge in [-0.25, -0.2) is 4.98 Å². The van der Waals surface area contributed by atoms with Gasteiger partial charge < -0.3 is 25.6 Å². The summed E-state index contributed by atoms with van der Waals surface area (Å²) in [6.45, 7) is 3.28. The van der Waals surface area contributed by atoms with Crippen LogP contribution >= 0.6 is 0 Å². The number of aromatic nitrogens is 1. The molecule has 0 bridgehead atoms. The molecule has 0 saturated carbocycles. The van der Waals surface area contributed by atoms with Crippen LogP contribution in [0.25, 0.3) is 0 Å². The molecule has 0 aromatic carbocycles. The Balaban J connectivity index is 1.68. The quantitative estimate of drug-likeness (QED) is 0.677. The number of hydrogen-bond donors (Lipinski definition) is 2. The van der Waals surface area contributed by atoms with E-state index >= 15 is 0 Å². The van der Waals surface area contributed by atoms with Gasteiger partial charge in [-0.05, 0) is 12.1 Å². The lowest BCUT2D eigenvalue weighted by atomic mass is 10.2. The topological polar surface area (TPSA) is 101 Å². The minimum atomic E-state index is -0.702. The fourth-order valence-electron chi connectivity index (χ4n) is 2.56. The van der Waals surface area contributed by atoms with Crippen LogP contribution in [0.2, 0.25) is 0 Å². The van der Waals surface area contributed by atoms with Gasteiger partial charge in [-0.15, -0.1) is 0 Å². The van der Waals surface area contributed by atoms with Crippen molar-refractivity contribution in [2.75, 3.05) is 51.3 Å². The van der Waals surface area contributed by atoms with Gasteiger partial charge in [0.25, 0.3) is 0 Å². The molecule has 24 heavy (non-hydrogen) atoms. The van der Waals surface area contributed by atoms with Crippen molar-refractivity contribution >= 4 is 17.6 Å². The van der Waals surface area contributed by atoms with Crippen molar-refractivity contribution in [3.05, 3.63) is 24.4 Å². The average Bonchev–Trinajstić information content (AvgIpc) is 2.62. The SMILES string of the molecule is COCC(N)C(=O)NCCC(=O)N1CCN(c2ccccn2)CC1. The van der Waals surface area contributed by atoms with Crippen molar-refractivity contribution in [2.45, 2.75) is 12.5 Å². The first-order valence-electron chi connectivity index (χ1n) is 8.08. The van der Waals surface area contributed by atoms with Crippen molar-refractivity contribution in [1.82, 2.24) is 15.2 Å². The third-order valence-corrected chi connectivity index (χ3v) is 3.93. The molecule has 2 heterocycles. The highest BCUT2D eigenvalue weighted by molar-refractivity contribution is 5.82. The summed E-state index contributed by atoms with van der Waals surface area (Å²) in [6, 6.07) is 5.11. The lowest BCUT2D eigenvalue weighted by Crippen LogP contribution is -2.50. The van der Waals surface area contributed by atoms with E-state index in [9.17, 15) is 9.59 Å². The maximum absolute atomic E-state index is 12.2. The number of nitrogens with one attached hydrogen (secondary N) is 1. The smallest absolute Gasteiger partial charge is 0.239 e. The number of amides is 2. The van der Waals surface area contributed by atoms with E-state index in [0.717, 1.165) is 18.9 Å². The van der Waals surface area contributed by atoms with E-state index in [1.54, 1.807) is 6.20 Å². The van der Waals surface area contributed by atoms with E-state index in [0.29, 0.717) is 13.1 Å². The van der Waals surface area contributed by atoms with Gasteiger partial charge in [0.1, 0.15) is 11.9 Å². The minimum absolute atomic E-state index is 0.0382. The Kier molecular flexibility index (Phi) is 6.95. The first-order chi connectivity index (χ1) is 11.6. The first-order valence-corrected chi connectivity index (χ1v) is 8.08. The lowest BCUT2D eigenvalue weighted by molar-refractivity contribution is -0.131. The molecule has 1 fully saturated rings. The zero-order valence-corrected chi connectivity index (χ0v) is 14.0. The average molecular weight is 335 g/mol. The molecule has 1 unspecified atom stereocenters. The van der Waals surface area contributed by atoms with Crippen molar-refractivity contribution in [3.63, 3.8) is 0 Å². The molecule has 1 aromatic heterocycles. The number of piperazine rings is 1. The molecule has 1 saturated heterocycles. The highest BCUT2D eigenvalue weighted by atomic mass is 16.5. The molecular weight excluding hydrogens is 310 g/mol. The second kappa shape index (κ2) is 9.19. The summed E-state index contributed by atoms with van der Waals surface area (Å²) in [5.41, 5.74) is 5.61. The number of nitrogens with two attached hydrogens (primary N) is 1. The molecule has 1 atom stereocenters. The summed E-state index contributed by atoms with van der Waals surface area (Å²) >= 11 is 0. The highest BCUT2D eigenvalue weighted by Gasteiger charge is 2.21. The standard InChI is InChI=1S/C16H25N5O3/c1-24-12-13(17)16(23)19-7-5-15(22)21-10-8-20(9-11-21)14-4-2-3-6-18-14/h2-4,6,13H,5,7-12,17H2,1H3,(H,19,23). The Morgan fingerprint density at radius 1 is 1.33 bits per heavy atom. The minimum Gasteiger partial charge on any atom is -0.383 e. The third-order valence-electron chi connectivity index (χ3n) is 3.93. The number of carbonyl (C=O) groups is 2. The predicted octanol–water partition coefficient (Wildman–Crippen LogP) is -0.790. The highest BCUT2D eigenvalue weighted by Crippen LogP contribution is 2.12. The molecule has 8 nitrogen and oxygen atoms in total. The summed E-state index contributed by atoms with van der Waals surface area (Å²) in [7, 11) is 1.49. The number of ether oxygens (including phenoxy) is 1. The molecular formula is C16H25N5O3. The van der Waals surface area contributed by atoms with Crippen LogP contribution in [0, 0.1) is 0 Å². The molecule has 132 valence electrons. The van der Waals surface area contributed by atoms with Crippen LogP contribution < -0.4 is 16.0 Å². The van der Waals surface area contributed by atoms with Gasteiger partial charge in [-0.3, -0.25) is 9.59 Å². The maximum atomic E-state index is 12.2. The van der Waals surface area contributed by atoms with E-state index in [4.69, 9.17) is 10.5 Å². The molecule has 0 aliphatic carbocycles. The van der Waals surface area contributed by atoms with Gasteiger partial charge in [0.15, 0.2) is 0 Å². The molecule has 0 spiro atoms. The van der Waals surface area contributed by atoms with Crippen LogP contribution in [0.15, 0.2) is 24.4 Å². The van der Waals surface area contributed by atoms with Crippen LogP contribution in [0.5, 0.6) is 0 Å². The number of hydrogen-bond acceptors (Lipinski definition) is 6. The molecule has 2 rings (SSSR count). The van der Waals surface area contributed by atoms with Crippen LogP contribution in [-0.2, 0) is 14.3 Å². The van der Waals surface area contributed by atoms with Crippen molar-refractivity contribution in [3.8, 4) is 0 Å². The second-order valence-corrected chi connectivity index (χ2v) is 5.66. The predicted molar refractivity (Wildman–Crippen MR) is 90.5 cm³/mol. The number of nitrogens with zero attached hydrogens (tertiary/aromatic N) is 3. The van der Waals surface area contributed by atoms with Crippen LogP contribution in [-0.4, -0.2) is 74.2 Å². The Morgan fingerprint density at radius 3 is 2.71 bits per heavy atom. The Labute approximate surface area is 142 Å². The monoisotopic (exact) mass is 335 g/mol. The van der Waals surface area contributed by atoms with Gasteiger partial charge >= 0.3 is 0 Å². The lowest BCUT2D eigenvalue weighted by Gasteiger charge is -2.35. The summed E-state index contributed by atoms with van der Waals surface area (Å²) in [6.07, 6.45) is 2.04. The third kappa shape index (κ3) is 5.17. The van der Waals surface area contributed by atoms with E-state index in [1.165, 1.54) is 7.11 Å². The number of methoxy groups -OCH3 is 1. The fourth-order valence-corrected chi connectivity index (χ4v) is 2.56. The molecule has 8 heteroatoms. The van der Waals surface area contributed by atoms with Crippen molar-refractivity contribution < 1.29 is 14.3 Å². The molecule has 2 amide bonds. The van der Waals surface area contributed by atoms with E-state index in [1.807, 2.05) is 23.1 Å². The zero-order valence-electron chi connectivity index (χ0n) is 14.0. The molecule has 0 radical (unpaired) electrons. The van der Waals surface area contributed by atoms with Gasteiger partial charge in [0.2, 0.25) is 11.8 Å². The largest absolute Gasteiger partial charge is 0.383 e.